The van der Waals surface area contributed by atoms with Crippen LogP contribution >= 0.6 is 43.2 Å². The first kappa shape index (κ1) is 28.8. The van der Waals surface area contributed by atoms with Gasteiger partial charge in [-0.3, -0.25) is 0 Å². The lowest BCUT2D eigenvalue weighted by molar-refractivity contribution is -0.205. The van der Waals surface area contributed by atoms with E-state index in [2.05, 4.69) is 0 Å². The molecule has 10 nitrogen and oxygen atoms in total. The Balaban J connectivity index is 1.40. The second-order valence-electron chi connectivity index (χ2n) is 7.93. The fourth-order valence-corrected chi connectivity index (χ4v) is 8.34. The van der Waals surface area contributed by atoms with Crippen molar-refractivity contribution in [1.82, 2.24) is 0 Å². The molecule has 2 aliphatic rings. The van der Waals surface area contributed by atoms with Gasteiger partial charge in [0, 0.05) is 11.5 Å². The number of benzene rings is 1. The van der Waals surface area contributed by atoms with Crippen molar-refractivity contribution in [3.63, 3.8) is 0 Å². The minimum Gasteiger partial charge on any atom is -0.394 e. The summed E-state index contributed by atoms with van der Waals surface area (Å²) in [7, 11) is 5.28. The summed E-state index contributed by atoms with van der Waals surface area (Å²) < 4.78 is 10.9. The van der Waals surface area contributed by atoms with Crippen molar-refractivity contribution in [3.05, 3.63) is 35.4 Å². The van der Waals surface area contributed by atoms with Crippen molar-refractivity contribution in [2.45, 2.75) is 71.2 Å². The Morgan fingerprint density at radius 1 is 0.559 bits per heavy atom. The van der Waals surface area contributed by atoms with E-state index in [4.69, 9.17) is 9.47 Å². The highest BCUT2D eigenvalue weighted by molar-refractivity contribution is 8.76. The Labute approximate surface area is 212 Å². The van der Waals surface area contributed by atoms with Crippen LogP contribution in [-0.2, 0) is 21.0 Å². The molecule has 0 amide bonds. The Kier molecular flexibility index (Phi) is 11.6. The molecular formula is C20H30O10S4. The first-order valence-electron chi connectivity index (χ1n) is 10.5. The molecule has 0 unspecified atom stereocenters. The first-order valence-corrected chi connectivity index (χ1v) is 15.3. The predicted molar refractivity (Wildman–Crippen MR) is 132 cm³/mol. The van der Waals surface area contributed by atoms with Crippen LogP contribution in [0.4, 0.5) is 0 Å². The first-order chi connectivity index (χ1) is 16.3. The lowest BCUT2D eigenvalue weighted by atomic mass is 10.0. The van der Waals surface area contributed by atoms with Crippen LogP contribution in [0.15, 0.2) is 24.3 Å². The van der Waals surface area contributed by atoms with Crippen molar-refractivity contribution in [2.75, 3.05) is 13.2 Å². The number of rotatable bonds is 10. The number of aliphatic hydroxyl groups excluding tert-OH is 8. The van der Waals surface area contributed by atoms with E-state index in [-0.39, 0.29) is 0 Å². The maximum absolute atomic E-state index is 10.1. The lowest BCUT2D eigenvalue weighted by Gasteiger charge is -2.39. The highest BCUT2D eigenvalue weighted by atomic mass is 33.1. The van der Waals surface area contributed by atoms with Crippen LogP contribution in [0.1, 0.15) is 11.1 Å². The third-order valence-electron chi connectivity index (χ3n) is 5.50. The maximum Gasteiger partial charge on any atom is 0.142 e. The minimum absolute atomic E-state index is 0.458. The molecule has 0 aliphatic carbocycles. The molecule has 1 aromatic carbocycles. The van der Waals surface area contributed by atoms with Gasteiger partial charge in [0.15, 0.2) is 0 Å². The van der Waals surface area contributed by atoms with Gasteiger partial charge >= 0.3 is 0 Å². The minimum atomic E-state index is -1.39. The topological polar surface area (TPSA) is 180 Å². The van der Waals surface area contributed by atoms with Gasteiger partial charge in [0.05, 0.1) is 13.2 Å². The summed E-state index contributed by atoms with van der Waals surface area (Å²) in [5.41, 5.74) is 0.487. The van der Waals surface area contributed by atoms with E-state index in [0.717, 1.165) is 11.1 Å². The van der Waals surface area contributed by atoms with Gasteiger partial charge in [0.1, 0.15) is 59.7 Å². The van der Waals surface area contributed by atoms with Crippen molar-refractivity contribution < 1.29 is 50.3 Å². The zero-order chi connectivity index (χ0) is 24.8. The average molecular weight is 559 g/mol. The van der Waals surface area contributed by atoms with E-state index >= 15 is 0 Å². The molecule has 0 saturated carbocycles. The average Bonchev–Trinajstić information content (AvgIpc) is 2.85. The smallest absolute Gasteiger partial charge is 0.142 e. The summed E-state index contributed by atoms with van der Waals surface area (Å²) >= 11 is 0. The van der Waals surface area contributed by atoms with E-state index in [1.807, 2.05) is 24.3 Å². The van der Waals surface area contributed by atoms with Gasteiger partial charge in [-0.25, -0.2) is 0 Å². The van der Waals surface area contributed by atoms with Crippen molar-refractivity contribution in [2.24, 2.45) is 0 Å². The molecule has 0 bridgehead atoms. The zero-order valence-corrected chi connectivity index (χ0v) is 21.2. The number of hydrogen-bond acceptors (Lipinski definition) is 14. The Morgan fingerprint density at radius 3 is 1.24 bits per heavy atom. The molecule has 2 saturated heterocycles. The maximum atomic E-state index is 10.1. The third-order valence-corrected chi connectivity index (χ3v) is 10.5. The molecule has 1 aromatic rings. The van der Waals surface area contributed by atoms with Crippen LogP contribution in [0.5, 0.6) is 0 Å². The molecule has 14 heteroatoms. The molecule has 0 spiro atoms. The highest BCUT2D eigenvalue weighted by Gasteiger charge is 2.44. The van der Waals surface area contributed by atoms with Crippen molar-refractivity contribution in [1.29, 1.82) is 0 Å². The second-order valence-corrected chi connectivity index (χ2v) is 12.9. The van der Waals surface area contributed by atoms with Crippen LogP contribution in [0.3, 0.4) is 0 Å². The molecule has 2 heterocycles. The van der Waals surface area contributed by atoms with E-state index in [1.165, 1.54) is 43.2 Å². The van der Waals surface area contributed by atoms with E-state index in [0.29, 0.717) is 11.5 Å². The molecule has 3 rings (SSSR count). The molecular weight excluding hydrogens is 528 g/mol. The van der Waals surface area contributed by atoms with E-state index < -0.39 is 72.9 Å². The highest BCUT2D eigenvalue weighted by Crippen LogP contribution is 2.39. The monoisotopic (exact) mass is 558 g/mol. The van der Waals surface area contributed by atoms with Crippen LogP contribution in [0.2, 0.25) is 0 Å². The summed E-state index contributed by atoms with van der Waals surface area (Å²) in [6.07, 6.45) is -9.89. The van der Waals surface area contributed by atoms with Gasteiger partial charge in [-0.05, 0) is 11.1 Å². The summed E-state index contributed by atoms with van der Waals surface area (Å²) in [5.74, 6) is 1.21. The van der Waals surface area contributed by atoms with Crippen LogP contribution in [0, 0.1) is 0 Å². The van der Waals surface area contributed by atoms with Gasteiger partial charge in [0.2, 0.25) is 0 Å². The van der Waals surface area contributed by atoms with Gasteiger partial charge < -0.3 is 50.3 Å². The van der Waals surface area contributed by atoms with E-state index in [9.17, 15) is 40.9 Å². The number of hydrogen-bond donors (Lipinski definition) is 8. The Hall–Kier alpha value is 0.220. The van der Waals surface area contributed by atoms with E-state index in [1.54, 1.807) is 0 Å². The molecule has 0 aromatic heterocycles. The summed E-state index contributed by atoms with van der Waals surface area (Å²) in [5, 5.41) is 78.1. The van der Waals surface area contributed by atoms with Crippen LogP contribution in [0.25, 0.3) is 0 Å². The Morgan fingerprint density at radius 2 is 0.912 bits per heavy atom. The number of aliphatic hydroxyl groups is 8. The predicted octanol–water partition coefficient (Wildman–Crippen LogP) is -0.951. The SMILES string of the molecule is OC[C@H]1O[C@H](SSCc2ccc(CSS[C@H]3O[C@H](CO)[C@@H](O)[C@H](O)[C@@H]3O)cc2)[C@@H](O)[C@@H](O)[C@@H]1O. The molecule has 34 heavy (non-hydrogen) atoms. The zero-order valence-electron chi connectivity index (χ0n) is 17.9. The van der Waals surface area contributed by atoms with Gasteiger partial charge in [-0.2, -0.15) is 0 Å². The normalized spacial score (nSPS) is 38.7. The molecule has 2 fully saturated rings. The largest absolute Gasteiger partial charge is 0.394 e. The van der Waals surface area contributed by atoms with Gasteiger partial charge in [-0.15, -0.1) is 0 Å². The van der Waals surface area contributed by atoms with Crippen LogP contribution in [-0.4, -0.2) is 114 Å². The van der Waals surface area contributed by atoms with Crippen LogP contribution < -0.4 is 0 Å². The summed E-state index contributed by atoms with van der Waals surface area (Å²) in [6, 6.07) is 7.81. The fraction of sp³-hybridized carbons (Fsp3) is 0.700. The second kappa shape index (κ2) is 13.7. The van der Waals surface area contributed by atoms with Gasteiger partial charge in [-0.1, -0.05) is 67.4 Å². The summed E-state index contributed by atoms with van der Waals surface area (Å²) in [6.45, 7) is -0.915. The third kappa shape index (κ3) is 7.16. The quantitative estimate of drug-likeness (QED) is 0.165. The van der Waals surface area contributed by atoms with Gasteiger partial charge in [0.25, 0.3) is 0 Å². The molecule has 2 aliphatic heterocycles. The van der Waals surface area contributed by atoms with Crippen molar-refractivity contribution in [3.8, 4) is 0 Å². The molecule has 10 atom stereocenters. The molecule has 194 valence electrons. The molecule has 0 radical (unpaired) electrons. The van der Waals surface area contributed by atoms with Crippen molar-refractivity contribution >= 4 is 43.2 Å². The lowest BCUT2D eigenvalue weighted by Crippen LogP contribution is -2.57. The Bertz CT molecular complexity index is 682. The number of ether oxygens (including phenoxy) is 2. The standard InChI is InChI=1S/C20H30O10S4/c21-5-11-13(23)15(25)17(27)19(29-11)33-31-7-9-1-2-10(4-3-9)8-32-34-20-18(28)16(26)14(24)12(6-22)30-20/h1-4,11-28H,5-8H2/t11-,12-,13-,14-,15+,16+,17+,18+,19-,20-/m1/s1. The molecule has 8 N–H and O–H groups in total. The fourth-order valence-electron chi connectivity index (χ4n) is 3.36. The summed E-state index contributed by atoms with van der Waals surface area (Å²) in [4.78, 5) is 0.